The van der Waals surface area contributed by atoms with Crippen LogP contribution < -0.4 is 5.32 Å². The summed E-state index contributed by atoms with van der Waals surface area (Å²) in [4.78, 5) is 2.62. The van der Waals surface area contributed by atoms with Gasteiger partial charge in [-0.1, -0.05) is 31.2 Å². The molecule has 1 aliphatic heterocycles. The van der Waals surface area contributed by atoms with E-state index in [4.69, 9.17) is 0 Å². The van der Waals surface area contributed by atoms with E-state index in [1.54, 1.807) is 11.1 Å². The van der Waals surface area contributed by atoms with Crippen LogP contribution in [0, 0.1) is 5.92 Å². The zero-order valence-electron chi connectivity index (χ0n) is 12.1. The van der Waals surface area contributed by atoms with Crippen LogP contribution in [0.1, 0.15) is 30.9 Å². The molecule has 0 aromatic heterocycles. The fourth-order valence-electron chi connectivity index (χ4n) is 3.54. The van der Waals surface area contributed by atoms with Crippen LogP contribution in [0.3, 0.4) is 0 Å². The van der Waals surface area contributed by atoms with Crippen molar-refractivity contribution < 1.29 is 0 Å². The molecule has 1 unspecified atom stereocenters. The highest BCUT2D eigenvalue weighted by molar-refractivity contribution is 5.33. The van der Waals surface area contributed by atoms with Crippen LogP contribution in [0.25, 0.3) is 0 Å². The van der Waals surface area contributed by atoms with Gasteiger partial charge in [-0.2, -0.15) is 0 Å². The molecule has 1 fully saturated rings. The standard InChI is InChI=1S/C17H26N2/c1-14(13-19-8-4-5-9-19)12-18-17-10-15-6-2-3-7-16(15)11-17/h2-3,6-7,14,17-18H,4-5,8-13H2,1H3. The Labute approximate surface area is 117 Å². The maximum atomic E-state index is 3.78. The molecule has 1 heterocycles. The second-order valence-electron chi connectivity index (χ2n) is 6.40. The molecular formula is C17H26N2. The van der Waals surface area contributed by atoms with Crippen molar-refractivity contribution in [3.63, 3.8) is 0 Å². The van der Waals surface area contributed by atoms with Crippen molar-refractivity contribution in [2.24, 2.45) is 5.92 Å². The number of hydrogen-bond acceptors (Lipinski definition) is 2. The van der Waals surface area contributed by atoms with Gasteiger partial charge in [0.25, 0.3) is 0 Å². The van der Waals surface area contributed by atoms with E-state index in [1.807, 2.05) is 0 Å². The van der Waals surface area contributed by atoms with Crippen molar-refractivity contribution in [3.05, 3.63) is 35.4 Å². The van der Waals surface area contributed by atoms with Crippen LogP contribution in [0.2, 0.25) is 0 Å². The molecule has 1 atom stereocenters. The minimum Gasteiger partial charge on any atom is -0.313 e. The molecule has 0 saturated carbocycles. The monoisotopic (exact) mass is 258 g/mol. The molecule has 0 bridgehead atoms. The molecule has 1 saturated heterocycles. The van der Waals surface area contributed by atoms with Gasteiger partial charge in [0.1, 0.15) is 0 Å². The lowest BCUT2D eigenvalue weighted by Gasteiger charge is -2.22. The summed E-state index contributed by atoms with van der Waals surface area (Å²) < 4.78 is 0. The van der Waals surface area contributed by atoms with Gasteiger partial charge in [-0.25, -0.2) is 0 Å². The van der Waals surface area contributed by atoms with Crippen LogP contribution >= 0.6 is 0 Å². The normalized spacial score (nSPS) is 21.7. The van der Waals surface area contributed by atoms with Gasteiger partial charge in [-0.05, 0) is 62.4 Å². The predicted octanol–water partition coefficient (Wildman–Crippen LogP) is 2.48. The first-order chi connectivity index (χ1) is 9.31. The van der Waals surface area contributed by atoms with Gasteiger partial charge in [0.2, 0.25) is 0 Å². The smallest absolute Gasteiger partial charge is 0.0148 e. The van der Waals surface area contributed by atoms with E-state index in [-0.39, 0.29) is 0 Å². The quantitative estimate of drug-likeness (QED) is 0.873. The maximum absolute atomic E-state index is 3.78. The Morgan fingerprint density at radius 3 is 2.42 bits per heavy atom. The number of likely N-dealkylation sites (tertiary alicyclic amines) is 1. The summed E-state index contributed by atoms with van der Waals surface area (Å²) >= 11 is 0. The molecule has 1 N–H and O–H groups in total. The van der Waals surface area contributed by atoms with Gasteiger partial charge >= 0.3 is 0 Å². The molecular weight excluding hydrogens is 232 g/mol. The van der Waals surface area contributed by atoms with Gasteiger partial charge in [-0.15, -0.1) is 0 Å². The second kappa shape index (κ2) is 6.06. The zero-order chi connectivity index (χ0) is 13.1. The van der Waals surface area contributed by atoms with Crippen molar-refractivity contribution in [2.75, 3.05) is 26.2 Å². The molecule has 0 spiro atoms. The third-order valence-electron chi connectivity index (χ3n) is 4.57. The largest absolute Gasteiger partial charge is 0.313 e. The number of nitrogens with zero attached hydrogens (tertiary/aromatic N) is 1. The van der Waals surface area contributed by atoms with E-state index >= 15 is 0 Å². The molecule has 3 rings (SSSR count). The average molecular weight is 258 g/mol. The summed E-state index contributed by atoms with van der Waals surface area (Å²) in [6.45, 7) is 7.45. The molecule has 1 aliphatic carbocycles. The van der Waals surface area contributed by atoms with Gasteiger partial charge in [0, 0.05) is 12.6 Å². The topological polar surface area (TPSA) is 15.3 Å². The Bertz CT molecular complexity index is 384. The summed E-state index contributed by atoms with van der Waals surface area (Å²) in [5, 5.41) is 3.78. The Morgan fingerprint density at radius 2 is 1.79 bits per heavy atom. The Morgan fingerprint density at radius 1 is 1.16 bits per heavy atom. The Kier molecular flexibility index (Phi) is 4.19. The zero-order valence-corrected chi connectivity index (χ0v) is 12.1. The maximum Gasteiger partial charge on any atom is 0.0148 e. The molecule has 19 heavy (non-hydrogen) atoms. The fraction of sp³-hybridized carbons (Fsp3) is 0.647. The predicted molar refractivity (Wildman–Crippen MR) is 80.5 cm³/mol. The Balaban J connectivity index is 1.41. The summed E-state index contributed by atoms with van der Waals surface area (Å²) in [6, 6.07) is 9.56. The first-order valence-electron chi connectivity index (χ1n) is 7.84. The molecule has 1 aromatic carbocycles. The first kappa shape index (κ1) is 13.1. The van der Waals surface area contributed by atoms with Crippen LogP contribution in [-0.2, 0) is 12.8 Å². The van der Waals surface area contributed by atoms with Gasteiger partial charge < -0.3 is 10.2 Å². The highest BCUT2D eigenvalue weighted by Gasteiger charge is 2.21. The molecule has 0 amide bonds. The van der Waals surface area contributed by atoms with Crippen LogP contribution in [0.4, 0.5) is 0 Å². The molecule has 2 aliphatic rings. The highest BCUT2D eigenvalue weighted by Crippen LogP contribution is 2.21. The van der Waals surface area contributed by atoms with Crippen LogP contribution in [0.5, 0.6) is 0 Å². The third-order valence-corrected chi connectivity index (χ3v) is 4.57. The first-order valence-corrected chi connectivity index (χ1v) is 7.84. The summed E-state index contributed by atoms with van der Waals surface area (Å²) in [7, 11) is 0. The van der Waals surface area contributed by atoms with Crippen molar-refractivity contribution in [2.45, 2.75) is 38.6 Å². The fourth-order valence-corrected chi connectivity index (χ4v) is 3.54. The highest BCUT2D eigenvalue weighted by atomic mass is 15.1. The van der Waals surface area contributed by atoms with Crippen molar-refractivity contribution in [3.8, 4) is 0 Å². The average Bonchev–Trinajstić information content (AvgIpc) is 3.04. The lowest BCUT2D eigenvalue weighted by atomic mass is 10.1. The minimum atomic E-state index is 0.665. The second-order valence-corrected chi connectivity index (χ2v) is 6.40. The van der Waals surface area contributed by atoms with E-state index in [9.17, 15) is 0 Å². The molecule has 0 radical (unpaired) electrons. The lowest BCUT2D eigenvalue weighted by Crippen LogP contribution is -2.37. The van der Waals surface area contributed by atoms with Crippen molar-refractivity contribution in [1.82, 2.24) is 10.2 Å². The number of rotatable bonds is 5. The number of benzene rings is 1. The SMILES string of the molecule is CC(CNC1Cc2ccccc2C1)CN1CCCC1. The number of hydrogen-bond donors (Lipinski definition) is 1. The molecule has 1 aromatic rings. The van der Waals surface area contributed by atoms with Crippen molar-refractivity contribution in [1.29, 1.82) is 0 Å². The van der Waals surface area contributed by atoms with E-state index in [2.05, 4.69) is 41.4 Å². The van der Waals surface area contributed by atoms with Gasteiger partial charge in [-0.3, -0.25) is 0 Å². The van der Waals surface area contributed by atoms with E-state index in [0.717, 1.165) is 12.5 Å². The number of nitrogens with one attached hydrogen (secondary N) is 1. The van der Waals surface area contributed by atoms with Crippen LogP contribution in [0.15, 0.2) is 24.3 Å². The number of fused-ring (bicyclic) bond motifs is 1. The molecule has 104 valence electrons. The van der Waals surface area contributed by atoms with Gasteiger partial charge in [0.05, 0.1) is 0 Å². The van der Waals surface area contributed by atoms with Crippen molar-refractivity contribution >= 4 is 0 Å². The third kappa shape index (κ3) is 3.37. The molecule has 2 nitrogen and oxygen atoms in total. The minimum absolute atomic E-state index is 0.665. The summed E-state index contributed by atoms with van der Waals surface area (Å²) in [5.74, 6) is 0.766. The van der Waals surface area contributed by atoms with Gasteiger partial charge in [0.15, 0.2) is 0 Å². The summed E-state index contributed by atoms with van der Waals surface area (Å²) in [6.07, 6.45) is 5.23. The molecule has 2 heteroatoms. The van der Waals surface area contributed by atoms with E-state index in [0.29, 0.717) is 6.04 Å². The van der Waals surface area contributed by atoms with Crippen LogP contribution in [-0.4, -0.2) is 37.1 Å². The van der Waals surface area contributed by atoms with E-state index < -0.39 is 0 Å². The Hall–Kier alpha value is -0.860. The lowest BCUT2D eigenvalue weighted by molar-refractivity contribution is 0.278. The van der Waals surface area contributed by atoms with E-state index in [1.165, 1.54) is 45.3 Å². The summed E-state index contributed by atoms with van der Waals surface area (Å²) in [5.41, 5.74) is 3.10.